The lowest BCUT2D eigenvalue weighted by molar-refractivity contribution is 0.483. The summed E-state index contributed by atoms with van der Waals surface area (Å²) in [5.74, 6) is 0.225. The van der Waals surface area contributed by atoms with Crippen LogP contribution in [0, 0.1) is 11.3 Å². The third kappa shape index (κ3) is 1.50. The first-order valence-electron chi connectivity index (χ1n) is 4.65. The molecule has 0 atom stereocenters. The number of nitrogen functional groups attached to an aromatic ring is 1. The lowest BCUT2D eigenvalue weighted by atomic mass is 10.2. The van der Waals surface area contributed by atoms with Gasteiger partial charge in [-0.2, -0.15) is 10.4 Å². The highest BCUT2D eigenvalue weighted by Gasteiger charge is 2.11. The molecule has 0 spiro atoms. The Bertz CT molecular complexity index is 553. The molecule has 80 valence electrons. The Kier molecular flexibility index (Phi) is 2.56. The number of nitrogens with two attached hydrogens (primary N) is 1. The van der Waals surface area contributed by atoms with E-state index in [1.807, 2.05) is 6.07 Å². The summed E-state index contributed by atoms with van der Waals surface area (Å²) in [5, 5.41) is 12.7. The van der Waals surface area contributed by atoms with Gasteiger partial charge in [0.05, 0.1) is 11.9 Å². The van der Waals surface area contributed by atoms with Crippen molar-refractivity contribution in [2.45, 2.75) is 6.67 Å². The van der Waals surface area contributed by atoms with Crippen molar-refractivity contribution >= 4 is 5.82 Å². The lowest BCUT2D eigenvalue weighted by Crippen LogP contribution is -2.04. The van der Waals surface area contributed by atoms with Crippen molar-refractivity contribution in [1.29, 1.82) is 5.26 Å². The standard InChI is InChI=1S/C11H9FN4/c12-5-8-3-1-2-4-10(8)16-11(14)9(6-13)7-15-16/h1-4,7H,5,14H2. The maximum Gasteiger partial charge on any atom is 0.145 e. The van der Waals surface area contributed by atoms with E-state index in [2.05, 4.69) is 5.10 Å². The van der Waals surface area contributed by atoms with Gasteiger partial charge in [-0.3, -0.25) is 0 Å². The van der Waals surface area contributed by atoms with Gasteiger partial charge in [0.1, 0.15) is 24.1 Å². The molecule has 2 N–H and O–H groups in total. The zero-order chi connectivity index (χ0) is 11.5. The molecule has 0 aliphatic rings. The number of rotatable bonds is 2. The van der Waals surface area contributed by atoms with Gasteiger partial charge >= 0.3 is 0 Å². The van der Waals surface area contributed by atoms with Gasteiger partial charge in [0.25, 0.3) is 0 Å². The highest BCUT2D eigenvalue weighted by molar-refractivity contribution is 5.54. The van der Waals surface area contributed by atoms with Crippen molar-refractivity contribution in [1.82, 2.24) is 9.78 Å². The zero-order valence-electron chi connectivity index (χ0n) is 8.39. The number of alkyl halides is 1. The minimum absolute atomic E-state index is 0.225. The molecule has 0 aliphatic carbocycles. The number of aromatic nitrogens is 2. The van der Waals surface area contributed by atoms with Crippen molar-refractivity contribution in [2.24, 2.45) is 0 Å². The summed E-state index contributed by atoms with van der Waals surface area (Å²) < 4.78 is 14.1. The summed E-state index contributed by atoms with van der Waals surface area (Å²) in [5.41, 5.74) is 7.06. The average molecular weight is 216 g/mol. The molecule has 5 heteroatoms. The van der Waals surface area contributed by atoms with Gasteiger partial charge in [0.2, 0.25) is 0 Å². The topological polar surface area (TPSA) is 67.6 Å². The smallest absolute Gasteiger partial charge is 0.145 e. The number of hydrogen-bond donors (Lipinski definition) is 1. The molecule has 0 saturated carbocycles. The van der Waals surface area contributed by atoms with E-state index in [0.29, 0.717) is 11.3 Å². The van der Waals surface area contributed by atoms with Gasteiger partial charge in [-0.1, -0.05) is 18.2 Å². The summed E-state index contributed by atoms with van der Waals surface area (Å²) >= 11 is 0. The van der Waals surface area contributed by atoms with Crippen LogP contribution >= 0.6 is 0 Å². The molecule has 1 heterocycles. The van der Waals surface area contributed by atoms with Crippen molar-refractivity contribution < 1.29 is 4.39 Å². The molecule has 1 aromatic carbocycles. The molecule has 0 saturated heterocycles. The van der Waals surface area contributed by atoms with Crippen LogP contribution in [0.4, 0.5) is 10.2 Å². The largest absolute Gasteiger partial charge is 0.382 e. The van der Waals surface area contributed by atoms with Gasteiger partial charge in [-0.25, -0.2) is 9.07 Å². The number of nitriles is 1. The third-order valence-corrected chi connectivity index (χ3v) is 2.29. The predicted octanol–water partition coefficient (Wildman–Crippen LogP) is 1.80. The van der Waals surface area contributed by atoms with E-state index in [1.54, 1.807) is 24.3 Å². The van der Waals surface area contributed by atoms with Crippen LogP contribution in [-0.4, -0.2) is 9.78 Å². The van der Waals surface area contributed by atoms with Gasteiger partial charge in [0.15, 0.2) is 0 Å². The van der Waals surface area contributed by atoms with Gasteiger partial charge in [0, 0.05) is 5.56 Å². The second-order valence-electron chi connectivity index (χ2n) is 3.23. The summed E-state index contributed by atoms with van der Waals surface area (Å²) in [6, 6.07) is 8.79. The minimum Gasteiger partial charge on any atom is -0.382 e. The van der Waals surface area contributed by atoms with Crippen LogP contribution in [-0.2, 0) is 6.67 Å². The summed E-state index contributed by atoms with van der Waals surface area (Å²) in [6.07, 6.45) is 1.37. The molecular weight excluding hydrogens is 207 g/mol. The normalized spacial score (nSPS) is 10.0. The Balaban J connectivity index is 2.59. The number of hydrogen-bond acceptors (Lipinski definition) is 3. The summed E-state index contributed by atoms with van der Waals surface area (Å²) in [4.78, 5) is 0. The Morgan fingerprint density at radius 1 is 1.44 bits per heavy atom. The van der Waals surface area contributed by atoms with Crippen LogP contribution < -0.4 is 5.73 Å². The molecule has 16 heavy (non-hydrogen) atoms. The fourth-order valence-electron chi connectivity index (χ4n) is 1.47. The van der Waals surface area contributed by atoms with E-state index in [9.17, 15) is 4.39 Å². The number of para-hydroxylation sites is 1. The molecule has 0 unspecified atom stereocenters. The first-order valence-corrected chi connectivity index (χ1v) is 4.65. The zero-order valence-corrected chi connectivity index (χ0v) is 8.39. The number of halogens is 1. The Labute approximate surface area is 91.7 Å². The van der Waals surface area contributed by atoms with Crippen molar-refractivity contribution in [3.05, 3.63) is 41.6 Å². The van der Waals surface area contributed by atoms with Crippen molar-refractivity contribution in [3.8, 4) is 11.8 Å². The van der Waals surface area contributed by atoms with E-state index in [0.717, 1.165) is 0 Å². The van der Waals surface area contributed by atoms with Crippen LogP contribution in [0.3, 0.4) is 0 Å². The van der Waals surface area contributed by atoms with Crippen LogP contribution in [0.15, 0.2) is 30.5 Å². The highest BCUT2D eigenvalue weighted by atomic mass is 19.1. The first-order chi connectivity index (χ1) is 7.77. The number of nitrogens with zero attached hydrogens (tertiary/aromatic N) is 3. The Hall–Kier alpha value is -2.35. The van der Waals surface area contributed by atoms with Gasteiger partial charge in [-0.15, -0.1) is 0 Å². The quantitative estimate of drug-likeness (QED) is 0.832. The van der Waals surface area contributed by atoms with Crippen LogP contribution in [0.2, 0.25) is 0 Å². The third-order valence-electron chi connectivity index (χ3n) is 2.29. The molecule has 0 amide bonds. The fraction of sp³-hybridized carbons (Fsp3) is 0.0909. The monoisotopic (exact) mass is 216 g/mol. The SMILES string of the molecule is N#Cc1cnn(-c2ccccc2CF)c1N. The fourth-order valence-corrected chi connectivity index (χ4v) is 1.47. The van der Waals surface area contributed by atoms with Crippen molar-refractivity contribution in [2.75, 3.05) is 5.73 Å². The van der Waals surface area contributed by atoms with Crippen LogP contribution in [0.1, 0.15) is 11.1 Å². The Morgan fingerprint density at radius 2 is 2.19 bits per heavy atom. The molecule has 0 bridgehead atoms. The van der Waals surface area contributed by atoms with E-state index < -0.39 is 6.67 Å². The molecule has 2 aromatic rings. The van der Waals surface area contributed by atoms with Crippen molar-refractivity contribution in [3.63, 3.8) is 0 Å². The molecule has 0 aliphatic heterocycles. The van der Waals surface area contributed by atoms with E-state index in [4.69, 9.17) is 11.0 Å². The molecule has 4 nitrogen and oxygen atoms in total. The number of anilines is 1. The van der Waals surface area contributed by atoms with Gasteiger partial charge < -0.3 is 5.73 Å². The average Bonchev–Trinajstić information content (AvgIpc) is 2.70. The molecule has 0 radical (unpaired) electrons. The Morgan fingerprint density at radius 3 is 2.81 bits per heavy atom. The lowest BCUT2D eigenvalue weighted by Gasteiger charge is -2.07. The maximum atomic E-state index is 12.7. The molecule has 1 aromatic heterocycles. The second-order valence-corrected chi connectivity index (χ2v) is 3.23. The molecular formula is C11H9FN4. The predicted molar refractivity (Wildman–Crippen MR) is 57.5 cm³/mol. The van der Waals surface area contributed by atoms with Crippen LogP contribution in [0.5, 0.6) is 0 Å². The molecule has 2 rings (SSSR count). The summed E-state index contributed by atoms with van der Waals surface area (Å²) in [6.45, 7) is -0.600. The minimum atomic E-state index is -0.600. The van der Waals surface area contributed by atoms with Crippen LogP contribution in [0.25, 0.3) is 5.69 Å². The van der Waals surface area contributed by atoms with E-state index in [-0.39, 0.29) is 11.4 Å². The first kappa shape index (κ1) is 10.2. The highest BCUT2D eigenvalue weighted by Crippen LogP contribution is 2.20. The van der Waals surface area contributed by atoms with E-state index >= 15 is 0 Å². The van der Waals surface area contributed by atoms with Gasteiger partial charge in [-0.05, 0) is 6.07 Å². The number of benzene rings is 1. The van der Waals surface area contributed by atoms with E-state index in [1.165, 1.54) is 10.9 Å². The molecule has 0 fully saturated rings. The maximum absolute atomic E-state index is 12.7. The second kappa shape index (κ2) is 4.03. The summed E-state index contributed by atoms with van der Waals surface area (Å²) in [7, 11) is 0.